The van der Waals surface area contributed by atoms with Gasteiger partial charge >= 0.3 is 0 Å². The second-order valence-electron chi connectivity index (χ2n) is 4.71. The molecule has 0 aliphatic carbocycles. The van der Waals surface area contributed by atoms with Crippen molar-refractivity contribution in [1.29, 1.82) is 5.26 Å². The summed E-state index contributed by atoms with van der Waals surface area (Å²) in [6.07, 6.45) is 0. The van der Waals surface area contributed by atoms with Crippen LogP contribution in [0.2, 0.25) is 5.02 Å². The van der Waals surface area contributed by atoms with Crippen molar-refractivity contribution in [3.63, 3.8) is 0 Å². The van der Waals surface area contributed by atoms with Crippen LogP contribution in [-0.4, -0.2) is 14.2 Å². The van der Waals surface area contributed by atoms with Gasteiger partial charge in [-0.25, -0.2) is 0 Å². The Balaban J connectivity index is 2.25. The Morgan fingerprint density at radius 2 is 2.05 bits per heavy atom. The molecule has 0 amide bonds. The van der Waals surface area contributed by atoms with Crippen molar-refractivity contribution in [2.75, 3.05) is 24.8 Å². The Morgan fingerprint density at radius 3 is 2.71 bits per heavy atom. The first-order valence-electron chi connectivity index (χ1n) is 6.38. The Morgan fingerprint density at radius 1 is 1.29 bits per heavy atom. The van der Waals surface area contributed by atoms with E-state index < -0.39 is 0 Å². The molecule has 21 heavy (non-hydrogen) atoms. The van der Waals surface area contributed by atoms with Crippen molar-refractivity contribution in [3.05, 3.63) is 52.5 Å². The van der Waals surface area contributed by atoms with Crippen LogP contribution in [0.15, 0.2) is 36.4 Å². The molecular formula is C16H16ClN3O. The standard InChI is InChI=1S/C16H16ClN3O/c1-20(15-8-13(17)5-6-14(15)19)10-11-3-4-12(9-18)16(7-11)21-2/h3-8H,10,19H2,1-2H3. The van der Waals surface area contributed by atoms with Crippen LogP contribution in [0.1, 0.15) is 11.1 Å². The minimum atomic E-state index is 0.520. The Kier molecular flexibility index (Phi) is 4.56. The molecule has 0 saturated heterocycles. The molecule has 0 atom stereocenters. The highest BCUT2D eigenvalue weighted by molar-refractivity contribution is 6.31. The fourth-order valence-corrected chi connectivity index (χ4v) is 2.30. The third-order valence-electron chi connectivity index (χ3n) is 3.21. The SMILES string of the molecule is COc1cc(CN(C)c2cc(Cl)ccc2N)ccc1C#N. The molecule has 2 N–H and O–H groups in total. The van der Waals surface area contributed by atoms with E-state index in [0.29, 0.717) is 28.6 Å². The lowest BCUT2D eigenvalue weighted by Gasteiger charge is -2.21. The predicted octanol–water partition coefficient (Wildman–Crippen LogP) is 3.44. The van der Waals surface area contributed by atoms with Gasteiger partial charge in [0.15, 0.2) is 0 Å². The number of methoxy groups -OCH3 is 1. The van der Waals surface area contributed by atoms with Gasteiger partial charge in [0, 0.05) is 18.6 Å². The van der Waals surface area contributed by atoms with E-state index in [1.165, 1.54) is 0 Å². The van der Waals surface area contributed by atoms with Crippen molar-refractivity contribution < 1.29 is 4.74 Å². The first-order valence-corrected chi connectivity index (χ1v) is 6.76. The van der Waals surface area contributed by atoms with E-state index in [2.05, 4.69) is 6.07 Å². The molecule has 4 nitrogen and oxygen atoms in total. The number of rotatable bonds is 4. The lowest BCUT2D eigenvalue weighted by atomic mass is 10.1. The molecule has 108 valence electrons. The number of nitrogen functional groups attached to an aromatic ring is 1. The highest BCUT2D eigenvalue weighted by Gasteiger charge is 2.09. The summed E-state index contributed by atoms with van der Waals surface area (Å²) in [6.45, 7) is 0.632. The van der Waals surface area contributed by atoms with Crippen molar-refractivity contribution in [2.24, 2.45) is 0 Å². The van der Waals surface area contributed by atoms with Gasteiger partial charge in [0.25, 0.3) is 0 Å². The maximum absolute atomic E-state index is 9.00. The molecule has 0 aliphatic heterocycles. The summed E-state index contributed by atoms with van der Waals surface area (Å²) in [7, 11) is 3.49. The van der Waals surface area contributed by atoms with E-state index in [4.69, 9.17) is 27.3 Å². The van der Waals surface area contributed by atoms with Crippen LogP contribution in [-0.2, 0) is 6.54 Å². The van der Waals surface area contributed by atoms with Crippen molar-refractivity contribution >= 4 is 23.0 Å². The fourth-order valence-electron chi connectivity index (χ4n) is 2.13. The van der Waals surface area contributed by atoms with E-state index in [1.54, 1.807) is 25.3 Å². The molecule has 0 aromatic heterocycles. The molecular weight excluding hydrogens is 286 g/mol. The van der Waals surface area contributed by atoms with Gasteiger partial charge in [0.2, 0.25) is 0 Å². The predicted molar refractivity (Wildman–Crippen MR) is 85.7 cm³/mol. The monoisotopic (exact) mass is 301 g/mol. The highest BCUT2D eigenvalue weighted by Crippen LogP contribution is 2.28. The molecule has 0 unspecified atom stereocenters. The maximum Gasteiger partial charge on any atom is 0.136 e. The van der Waals surface area contributed by atoms with Gasteiger partial charge in [0.1, 0.15) is 11.8 Å². The molecule has 0 fully saturated rings. The molecule has 0 bridgehead atoms. The minimum absolute atomic E-state index is 0.520. The van der Waals surface area contributed by atoms with Crippen molar-refractivity contribution in [1.82, 2.24) is 0 Å². The van der Waals surface area contributed by atoms with Crippen molar-refractivity contribution in [2.45, 2.75) is 6.54 Å². The Hall–Kier alpha value is -2.38. The summed E-state index contributed by atoms with van der Waals surface area (Å²) < 4.78 is 5.22. The van der Waals surface area contributed by atoms with Crippen molar-refractivity contribution in [3.8, 4) is 11.8 Å². The molecule has 0 radical (unpaired) electrons. The second kappa shape index (κ2) is 6.38. The van der Waals surface area contributed by atoms with Gasteiger partial charge in [0.05, 0.1) is 24.0 Å². The normalized spacial score (nSPS) is 10.0. The zero-order valence-electron chi connectivity index (χ0n) is 11.9. The number of anilines is 2. The summed E-state index contributed by atoms with van der Waals surface area (Å²) in [5.74, 6) is 0.572. The highest BCUT2D eigenvalue weighted by atomic mass is 35.5. The molecule has 0 heterocycles. The Bertz CT molecular complexity index is 694. The topological polar surface area (TPSA) is 62.3 Å². The van der Waals surface area contributed by atoms with Gasteiger partial charge < -0.3 is 15.4 Å². The van der Waals surface area contributed by atoms with E-state index in [-0.39, 0.29) is 0 Å². The lowest BCUT2D eigenvalue weighted by molar-refractivity contribution is 0.413. The molecule has 5 heteroatoms. The largest absolute Gasteiger partial charge is 0.495 e. The first kappa shape index (κ1) is 15.0. The number of nitrogens with zero attached hydrogens (tertiary/aromatic N) is 2. The molecule has 0 saturated carbocycles. The van der Waals surface area contributed by atoms with E-state index in [0.717, 1.165) is 11.3 Å². The number of nitrogens with two attached hydrogens (primary N) is 1. The molecule has 2 aromatic carbocycles. The number of hydrogen-bond donors (Lipinski definition) is 1. The van der Waals surface area contributed by atoms with E-state index >= 15 is 0 Å². The third-order valence-corrected chi connectivity index (χ3v) is 3.44. The number of nitriles is 1. The lowest BCUT2D eigenvalue weighted by Crippen LogP contribution is -2.17. The van der Waals surface area contributed by atoms with Crippen LogP contribution in [0.5, 0.6) is 5.75 Å². The van der Waals surface area contributed by atoms with Crippen LogP contribution >= 0.6 is 11.6 Å². The van der Waals surface area contributed by atoms with Gasteiger partial charge in [-0.15, -0.1) is 0 Å². The fraction of sp³-hybridized carbons (Fsp3) is 0.188. The van der Waals surface area contributed by atoms with Crippen LogP contribution in [0.25, 0.3) is 0 Å². The summed E-state index contributed by atoms with van der Waals surface area (Å²) >= 11 is 6.01. The molecule has 2 rings (SSSR count). The summed E-state index contributed by atoms with van der Waals surface area (Å²) in [5, 5.41) is 9.64. The number of benzene rings is 2. The first-order chi connectivity index (χ1) is 10.0. The number of ether oxygens (including phenoxy) is 1. The quantitative estimate of drug-likeness (QED) is 0.879. The van der Waals surface area contributed by atoms with Crippen LogP contribution in [0.4, 0.5) is 11.4 Å². The molecule has 0 spiro atoms. The second-order valence-corrected chi connectivity index (χ2v) is 5.14. The average molecular weight is 302 g/mol. The summed E-state index contributed by atoms with van der Waals surface area (Å²) in [6, 6.07) is 13.0. The third kappa shape index (κ3) is 3.39. The summed E-state index contributed by atoms with van der Waals surface area (Å²) in [4.78, 5) is 2.00. The van der Waals surface area contributed by atoms with E-state index in [9.17, 15) is 0 Å². The molecule has 0 aliphatic rings. The van der Waals surface area contributed by atoms with Crippen LogP contribution in [0, 0.1) is 11.3 Å². The Labute approximate surface area is 129 Å². The number of hydrogen-bond acceptors (Lipinski definition) is 4. The maximum atomic E-state index is 9.00. The molecule has 2 aromatic rings. The number of halogens is 1. The van der Waals surface area contributed by atoms with E-state index in [1.807, 2.05) is 30.1 Å². The van der Waals surface area contributed by atoms with Crippen LogP contribution < -0.4 is 15.4 Å². The van der Waals surface area contributed by atoms with Crippen LogP contribution in [0.3, 0.4) is 0 Å². The van der Waals surface area contributed by atoms with Gasteiger partial charge in [-0.1, -0.05) is 17.7 Å². The minimum Gasteiger partial charge on any atom is -0.495 e. The zero-order valence-corrected chi connectivity index (χ0v) is 12.7. The summed E-state index contributed by atoms with van der Waals surface area (Å²) in [5.41, 5.74) is 9.05. The average Bonchev–Trinajstić information content (AvgIpc) is 2.49. The van der Waals surface area contributed by atoms with Gasteiger partial charge in [-0.2, -0.15) is 5.26 Å². The van der Waals surface area contributed by atoms with Gasteiger partial charge in [-0.3, -0.25) is 0 Å². The van der Waals surface area contributed by atoms with Gasteiger partial charge in [-0.05, 0) is 35.9 Å². The zero-order chi connectivity index (χ0) is 15.4. The smallest absolute Gasteiger partial charge is 0.136 e.